The molecule has 0 amide bonds. The molecule has 0 aromatic heterocycles. The second kappa shape index (κ2) is 8.89. The van der Waals surface area contributed by atoms with Gasteiger partial charge in [-0.3, -0.25) is 4.79 Å². The van der Waals surface area contributed by atoms with Crippen LogP contribution in [0.25, 0.3) is 6.08 Å². The van der Waals surface area contributed by atoms with Gasteiger partial charge in [-0.25, -0.2) is 0 Å². The number of allylic oxidation sites excluding steroid dienone is 1. The third kappa shape index (κ3) is 4.57. The fraction of sp³-hybridized carbons (Fsp3) is 0.125. The number of fused-ring (bicyclic) bond motifs is 2. The third-order valence-corrected chi connectivity index (χ3v) is 6.13. The van der Waals surface area contributed by atoms with Crippen molar-refractivity contribution in [2.75, 3.05) is 11.9 Å². The highest BCUT2D eigenvalue weighted by atomic mass is 79.9. The Morgan fingerprint density at radius 3 is 2.76 bits per heavy atom. The van der Waals surface area contributed by atoms with Gasteiger partial charge in [-0.1, -0.05) is 46.7 Å². The molecule has 1 aliphatic rings. The summed E-state index contributed by atoms with van der Waals surface area (Å²) in [5.41, 5.74) is 3.56. The Morgan fingerprint density at radius 2 is 1.90 bits per heavy atom. The van der Waals surface area contributed by atoms with Gasteiger partial charge >= 0.3 is 0 Å². The molecular formula is C24H20BrNO2S. The third-order valence-electron chi connectivity index (χ3n) is 4.49. The molecule has 1 heterocycles. The summed E-state index contributed by atoms with van der Waals surface area (Å²) in [6.45, 7) is 2.71. The van der Waals surface area contributed by atoms with E-state index in [1.165, 1.54) is 4.90 Å². The molecule has 0 atom stereocenters. The van der Waals surface area contributed by atoms with Crippen molar-refractivity contribution in [2.45, 2.75) is 23.1 Å². The number of ether oxygens (including phenoxy) is 1. The molecule has 0 fully saturated rings. The summed E-state index contributed by atoms with van der Waals surface area (Å²) in [7, 11) is 0. The highest BCUT2D eigenvalue weighted by Crippen LogP contribution is 2.44. The maximum atomic E-state index is 12.8. The molecule has 0 spiro atoms. The van der Waals surface area contributed by atoms with Crippen molar-refractivity contribution in [3.63, 3.8) is 0 Å². The number of hydrogen-bond acceptors (Lipinski definition) is 4. The number of halogens is 1. The van der Waals surface area contributed by atoms with Crippen LogP contribution in [0.2, 0.25) is 0 Å². The van der Waals surface area contributed by atoms with E-state index < -0.39 is 0 Å². The van der Waals surface area contributed by atoms with Crippen molar-refractivity contribution in [1.29, 1.82) is 0 Å². The van der Waals surface area contributed by atoms with E-state index in [0.29, 0.717) is 12.2 Å². The number of carbonyl (C=O) groups is 1. The predicted octanol–water partition coefficient (Wildman–Crippen LogP) is 7.34. The maximum Gasteiger partial charge on any atom is 0.185 e. The second-order valence-corrected chi connectivity index (χ2v) is 8.66. The van der Waals surface area contributed by atoms with Gasteiger partial charge in [0.25, 0.3) is 0 Å². The minimum absolute atomic E-state index is 0.0418. The van der Waals surface area contributed by atoms with Gasteiger partial charge < -0.3 is 10.1 Å². The summed E-state index contributed by atoms with van der Waals surface area (Å²) in [5.74, 6) is 0.735. The molecule has 1 N–H and O–H groups in total. The van der Waals surface area contributed by atoms with E-state index in [9.17, 15) is 4.79 Å². The minimum atomic E-state index is -0.0418. The summed E-state index contributed by atoms with van der Waals surface area (Å²) in [4.78, 5) is 15.1. The van der Waals surface area contributed by atoms with Crippen LogP contribution in [0.1, 0.15) is 29.3 Å². The topological polar surface area (TPSA) is 38.3 Å². The van der Waals surface area contributed by atoms with Crippen LogP contribution in [0.3, 0.4) is 0 Å². The van der Waals surface area contributed by atoms with Crippen molar-refractivity contribution in [3.8, 4) is 5.75 Å². The van der Waals surface area contributed by atoms with Crippen molar-refractivity contribution in [1.82, 2.24) is 0 Å². The molecule has 3 aromatic carbocycles. The number of anilines is 2. The van der Waals surface area contributed by atoms with E-state index in [1.807, 2.05) is 60.7 Å². The number of nitrogens with one attached hydrogen (secondary N) is 1. The Morgan fingerprint density at radius 1 is 1.07 bits per heavy atom. The Bertz CT molecular complexity index is 1090. The molecule has 0 unspecified atom stereocenters. The lowest BCUT2D eigenvalue weighted by atomic mass is 10.1. The van der Waals surface area contributed by atoms with Crippen LogP contribution in [0.4, 0.5) is 11.4 Å². The first kappa shape index (κ1) is 19.8. The number of carbonyl (C=O) groups excluding carboxylic acids is 1. The molecule has 3 nitrogen and oxygen atoms in total. The zero-order valence-corrected chi connectivity index (χ0v) is 18.3. The quantitative estimate of drug-likeness (QED) is 0.238. The molecule has 5 heteroatoms. The lowest BCUT2D eigenvalue weighted by molar-refractivity contribution is 0.104. The average molecular weight is 466 g/mol. The summed E-state index contributed by atoms with van der Waals surface area (Å²) in [6, 6.07) is 19.8. The zero-order valence-electron chi connectivity index (χ0n) is 15.9. The van der Waals surface area contributed by atoms with Crippen LogP contribution in [0, 0.1) is 0 Å². The summed E-state index contributed by atoms with van der Waals surface area (Å²) in [5, 5.41) is 3.43. The van der Waals surface area contributed by atoms with Crippen LogP contribution in [-0.4, -0.2) is 12.4 Å². The lowest BCUT2D eigenvalue weighted by Gasteiger charge is -2.20. The molecule has 0 saturated carbocycles. The van der Waals surface area contributed by atoms with Gasteiger partial charge in [0.15, 0.2) is 5.78 Å². The Kier molecular flexibility index (Phi) is 6.07. The largest absolute Gasteiger partial charge is 0.493 e. The summed E-state index contributed by atoms with van der Waals surface area (Å²) < 4.78 is 6.74. The number of ketones is 1. The van der Waals surface area contributed by atoms with Crippen LogP contribution in [0.15, 0.2) is 81.0 Å². The molecule has 3 aromatic rings. The van der Waals surface area contributed by atoms with Gasteiger partial charge in [0, 0.05) is 25.4 Å². The SMILES string of the molecule is CCCOc1ccc(Br)cc1/C=C/C(=O)c1ccc2c(c1)Nc1ccccc1S2. The molecule has 29 heavy (non-hydrogen) atoms. The second-order valence-electron chi connectivity index (χ2n) is 6.66. The number of hydrogen-bond donors (Lipinski definition) is 1. The fourth-order valence-electron chi connectivity index (χ4n) is 3.05. The van der Waals surface area contributed by atoms with Gasteiger partial charge in [0.2, 0.25) is 0 Å². The van der Waals surface area contributed by atoms with E-state index in [-0.39, 0.29) is 5.78 Å². The van der Waals surface area contributed by atoms with Crippen LogP contribution in [0.5, 0.6) is 5.75 Å². The number of benzene rings is 3. The van der Waals surface area contributed by atoms with E-state index >= 15 is 0 Å². The van der Waals surface area contributed by atoms with Crippen LogP contribution >= 0.6 is 27.7 Å². The van der Waals surface area contributed by atoms with Crippen molar-refractivity contribution in [2.24, 2.45) is 0 Å². The van der Waals surface area contributed by atoms with Crippen LogP contribution < -0.4 is 10.1 Å². The molecule has 0 aliphatic carbocycles. The Balaban J connectivity index is 1.55. The minimum Gasteiger partial charge on any atom is -0.493 e. The summed E-state index contributed by atoms with van der Waals surface area (Å²) in [6.07, 6.45) is 4.35. The fourth-order valence-corrected chi connectivity index (χ4v) is 4.39. The average Bonchev–Trinajstić information content (AvgIpc) is 2.75. The van der Waals surface area contributed by atoms with Gasteiger partial charge in [0.05, 0.1) is 18.0 Å². The summed E-state index contributed by atoms with van der Waals surface area (Å²) >= 11 is 5.20. The monoisotopic (exact) mass is 465 g/mol. The molecular weight excluding hydrogens is 446 g/mol. The molecule has 146 valence electrons. The van der Waals surface area contributed by atoms with Crippen molar-refractivity contribution < 1.29 is 9.53 Å². The zero-order chi connectivity index (χ0) is 20.2. The van der Waals surface area contributed by atoms with Gasteiger partial charge in [0.1, 0.15) is 5.75 Å². The molecule has 0 bridgehead atoms. The predicted molar refractivity (Wildman–Crippen MR) is 124 cm³/mol. The van der Waals surface area contributed by atoms with Crippen molar-refractivity contribution in [3.05, 3.63) is 82.3 Å². The lowest BCUT2D eigenvalue weighted by Crippen LogP contribution is -2.02. The smallest absolute Gasteiger partial charge is 0.185 e. The Labute approximate surface area is 183 Å². The van der Waals surface area contributed by atoms with Gasteiger partial charge in [-0.15, -0.1) is 0 Å². The first-order valence-electron chi connectivity index (χ1n) is 9.47. The van der Waals surface area contributed by atoms with E-state index in [2.05, 4.69) is 34.2 Å². The molecule has 1 aliphatic heterocycles. The van der Waals surface area contributed by atoms with Gasteiger partial charge in [-0.05, 0) is 67.1 Å². The normalized spacial score (nSPS) is 12.2. The number of para-hydroxylation sites is 1. The van der Waals surface area contributed by atoms with Crippen molar-refractivity contribution >= 4 is 50.9 Å². The first-order chi connectivity index (χ1) is 14.1. The van der Waals surface area contributed by atoms with E-state index in [4.69, 9.17) is 4.74 Å². The van der Waals surface area contributed by atoms with E-state index in [0.717, 1.165) is 38.5 Å². The van der Waals surface area contributed by atoms with E-state index in [1.54, 1.807) is 17.8 Å². The van der Waals surface area contributed by atoms with Gasteiger partial charge in [-0.2, -0.15) is 0 Å². The van der Waals surface area contributed by atoms with Crippen LogP contribution in [-0.2, 0) is 0 Å². The first-order valence-corrected chi connectivity index (χ1v) is 11.1. The number of rotatable bonds is 6. The standard InChI is InChI=1S/C24H20BrNO2S/c1-2-13-28-22-11-9-18(25)14-17(22)7-10-21(27)16-8-12-24-20(15-16)26-19-5-3-4-6-23(19)29-24/h3-12,14-15,26H,2,13H2,1H3/b10-7+. The maximum absolute atomic E-state index is 12.8. The molecule has 0 radical (unpaired) electrons. The highest BCUT2D eigenvalue weighted by molar-refractivity contribution is 9.10. The molecule has 0 saturated heterocycles. The Hall–Kier alpha value is -2.50. The molecule has 4 rings (SSSR count). The highest BCUT2D eigenvalue weighted by Gasteiger charge is 2.16.